The summed E-state index contributed by atoms with van der Waals surface area (Å²) in [5.41, 5.74) is 7.71. The first-order valence-electron chi connectivity index (χ1n) is 50.2. The minimum atomic E-state index is -1.08. The fraction of sp³-hybridized carbons (Fsp3) is 0.608. The van der Waals surface area contributed by atoms with Gasteiger partial charge >= 0.3 is 0 Å². The van der Waals surface area contributed by atoms with Crippen LogP contribution in [0.2, 0.25) is 0 Å². The van der Waals surface area contributed by atoms with E-state index in [0.717, 1.165) is 215 Å². The van der Waals surface area contributed by atoms with E-state index in [-0.39, 0.29) is 158 Å². The van der Waals surface area contributed by atoms with Crippen LogP contribution in [0.3, 0.4) is 0 Å². The maximum Gasteiger partial charge on any atom is 0.280 e. The standard InChI is InChI=1S/C27H37N5O3S.C26H33N5O3S.C25H33N5O3S.C24H31N5O3S/c1-15-13-20(31-27(5)11-6-12-27)28-14-19(15)22-21(25(34)32-17-7-8-18(32)10-9-17)30-24(36-22)23(33)29-16(2)26(3,4)35;1-14-10-20(30-26(2)8-3-9-26)27-13-19(14)22-21(25(34)31-16-4-5-17(31)7-6-16)29-24(35-22)23(33)28-15-11-18(32)12-15;1-13(2)27-20-11-14(3)17(12-26-20)22-21(25(33)30-15-7-8-16(30)10-9-15)29-24(34-22)23(32)28-18-5-4-6-19(18)31;1-12(2)26-19-10-13(3)16(11-25-19)21-20(24(32)29-14-4-5-15(29)7-6-14)28-23(33-21)22(31)27-17-8-9-18(17)30/h13-14,16-18,35H,6-12H2,1-5H3,(H,28,31)(H,29,33);10,13,15-18,32H,3-9,11-12H2,1-2H3,(H,27,30)(H,28,33);11-13,15-16,18-19,31H,4-10H2,1-3H3,(H,26,27)(H,28,32);10-12,14-15,17-18,30H,4-9H2,1-3H3,(H,25,26)(H,27,31)/t16-,17?,18?;;15?,16?,18-,19-;14?,15?,17-,18-/m1.00/s1. The van der Waals surface area contributed by atoms with Crippen LogP contribution in [0.15, 0.2) is 49.1 Å². The Hall–Kier alpha value is -10.1. The first-order valence-corrected chi connectivity index (χ1v) is 53.5. The number of nitrogens with zero attached hydrogens (tertiary/aromatic N) is 12. The van der Waals surface area contributed by atoms with Gasteiger partial charge in [0.15, 0.2) is 20.0 Å². The molecule has 13 fully saturated rings. The summed E-state index contributed by atoms with van der Waals surface area (Å²) in [6.45, 7) is 25.7. The minimum Gasteiger partial charge on any atom is -0.393 e. The number of aryl methyl sites for hydroxylation is 4. The van der Waals surface area contributed by atoms with Gasteiger partial charge in [0, 0.05) is 125 Å². The maximum atomic E-state index is 13.8. The van der Waals surface area contributed by atoms with Crippen molar-refractivity contribution in [3.8, 4) is 41.8 Å². The van der Waals surface area contributed by atoms with Gasteiger partial charge in [-0.1, -0.05) is 0 Å². The van der Waals surface area contributed by atoms with Crippen molar-refractivity contribution in [1.29, 1.82) is 0 Å². The van der Waals surface area contributed by atoms with Gasteiger partial charge in [-0.2, -0.15) is 0 Å². The van der Waals surface area contributed by atoms with Gasteiger partial charge in [0.2, 0.25) is 0 Å². The Morgan fingerprint density at radius 1 is 0.384 bits per heavy atom. The minimum absolute atomic E-state index is 0.0416. The Kier molecular flexibility index (Phi) is 28.5. The van der Waals surface area contributed by atoms with Crippen molar-refractivity contribution in [2.24, 2.45) is 0 Å². The molecule has 0 spiro atoms. The summed E-state index contributed by atoms with van der Waals surface area (Å²) in [5, 5.41) is 66.2. The number of nitrogens with one attached hydrogen (secondary N) is 8. The van der Waals surface area contributed by atoms with Gasteiger partial charge in [-0.25, -0.2) is 39.9 Å². The Bertz CT molecular complexity index is 5870. The molecule has 8 aliphatic heterocycles. The summed E-state index contributed by atoms with van der Waals surface area (Å²) in [4.78, 5) is 155. The number of carbonyl (C=O) groups excluding carboxylic acids is 8. The fourth-order valence-electron chi connectivity index (χ4n) is 22.4. The van der Waals surface area contributed by atoms with Gasteiger partial charge in [-0.3, -0.25) is 38.4 Å². The molecule has 8 bridgehead atoms. The van der Waals surface area contributed by atoms with Gasteiger partial charge in [-0.05, 0) is 323 Å². The van der Waals surface area contributed by atoms with E-state index in [2.05, 4.69) is 124 Å². The zero-order valence-electron chi connectivity index (χ0n) is 81.5. The molecule has 738 valence electrons. The smallest absolute Gasteiger partial charge is 0.280 e. The van der Waals surface area contributed by atoms with Crippen LogP contribution in [0.1, 0.15) is 352 Å². The lowest BCUT2D eigenvalue weighted by atomic mass is 9.78. The van der Waals surface area contributed by atoms with Crippen LogP contribution in [0.4, 0.5) is 23.3 Å². The van der Waals surface area contributed by atoms with Crippen LogP contribution in [0.5, 0.6) is 0 Å². The molecule has 0 aromatic carbocycles. The molecule has 21 rings (SSSR count). The summed E-state index contributed by atoms with van der Waals surface area (Å²) in [5.74, 6) is 1.55. The predicted molar refractivity (Wildman–Crippen MR) is 536 cm³/mol. The van der Waals surface area contributed by atoms with E-state index >= 15 is 0 Å². The molecule has 16 heterocycles. The molecule has 13 aliphatic rings. The van der Waals surface area contributed by atoms with Crippen LogP contribution in [-0.4, -0.2) is 247 Å². The first kappa shape index (κ1) is 98.1. The number of hydrogen-bond acceptors (Lipinski definition) is 28. The molecule has 36 heteroatoms. The summed E-state index contributed by atoms with van der Waals surface area (Å²) in [6.07, 6.45) is 34.3. The van der Waals surface area contributed by atoms with Crippen molar-refractivity contribution < 1.29 is 58.8 Å². The molecule has 8 amide bonds. The lowest BCUT2D eigenvalue weighted by Crippen LogP contribution is -2.50. The number of aromatic nitrogens is 8. The number of hydrogen-bond donors (Lipinski definition) is 12. The Morgan fingerprint density at radius 3 is 0.913 bits per heavy atom. The Morgan fingerprint density at radius 2 is 0.667 bits per heavy atom. The average Bonchev–Trinajstić information content (AvgIpc) is 1.61. The van der Waals surface area contributed by atoms with Gasteiger partial charge < -0.3 is 82.6 Å². The normalized spacial score (nSPS) is 25.8. The monoisotopic (exact) mass is 1960 g/mol. The molecule has 0 unspecified atom stereocenters. The number of fused-ring (bicyclic) bond motifs is 8. The van der Waals surface area contributed by atoms with Crippen molar-refractivity contribution in [3.63, 3.8) is 0 Å². The number of pyridine rings is 4. The van der Waals surface area contributed by atoms with Gasteiger partial charge in [0.1, 0.15) is 46.0 Å². The number of thiazole rings is 4. The predicted octanol–water partition coefficient (Wildman–Crippen LogP) is 15.5. The van der Waals surface area contributed by atoms with Gasteiger partial charge in [0.25, 0.3) is 47.3 Å². The number of rotatable bonds is 25. The highest BCUT2D eigenvalue weighted by molar-refractivity contribution is 7.18. The lowest BCUT2D eigenvalue weighted by Gasteiger charge is -2.39. The Labute approximate surface area is 823 Å². The molecule has 32 nitrogen and oxygen atoms in total. The highest BCUT2D eigenvalue weighted by atomic mass is 32.1. The lowest BCUT2D eigenvalue weighted by molar-refractivity contribution is 0.0408. The third kappa shape index (κ3) is 20.6. The fourth-order valence-corrected chi connectivity index (χ4v) is 26.5. The number of anilines is 4. The first-order chi connectivity index (χ1) is 65.9. The van der Waals surface area contributed by atoms with Crippen molar-refractivity contribution in [3.05, 3.63) is 114 Å². The highest BCUT2D eigenvalue weighted by Gasteiger charge is 2.50. The SMILES string of the molecule is Cc1cc(NC(C)C)ncc1-c1sc(C(=O)N[C@H]2CCC[C@@H]2O)nc1C(=O)N1C2CCC1CC2.Cc1cc(NC(C)C)ncc1-c1sc(C(=O)N[C@H]2CC[C@@H]2O)nc1C(=O)N1C2CCC1CC2.Cc1cc(NC2(C)CCC2)ncc1-c1sc(C(=O)NC2CC(O)C2)nc1C(=O)N1C2CCC1CC2.Cc1cc(NC2(C)CCC2)ncc1-c1sc(C(=O)N[C@H](C)C(C)(C)O)nc1C(=O)N1C2CCC1CC2. The average molecular weight is 1960 g/mol. The largest absolute Gasteiger partial charge is 0.393 e. The van der Waals surface area contributed by atoms with Crippen molar-refractivity contribution >= 4 is 116 Å². The van der Waals surface area contributed by atoms with Crippen LogP contribution in [0.25, 0.3) is 41.8 Å². The van der Waals surface area contributed by atoms with E-state index in [1.54, 1.807) is 39.4 Å². The summed E-state index contributed by atoms with van der Waals surface area (Å²) < 4.78 is 0. The number of aliphatic hydroxyl groups excluding tert-OH is 3. The van der Waals surface area contributed by atoms with Crippen LogP contribution in [-0.2, 0) is 0 Å². The van der Waals surface area contributed by atoms with Crippen LogP contribution < -0.4 is 42.5 Å². The summed E-state index contributed by atoms with van der Waals surface area (Å²) in [7, 11) is 0. The third-order valence-electron chi connectivity index (χ3n) is 31.1. The van der Waals surface area contributed by atoms with E-state index in [1.165, 1.54) is 58.2 Å². The van der Waals surface area contributed by atoms with Crippen LogP contribution in [0, 0.1) is 27.7 Å². The zero-order chi connectivity index (χ0) is 97.4. The molecule has 138 heavy (non-hydrogen) atoms. The molecule has 5 saturated carbocycles. The second-order valence-corrected chi connectivity index (χ2v) is 46.6. The van der Waals surface area contributed by atoms with Crippen molar-refractivity contribution in [2.45, 2.75) is 396 Å². The number of aliphatic hydroxyl groups is 4. The molecule has 5 aliphatic carbocycles. The highest BCUT2D eigenvalue weighted by Crippen LogP contribution is 2.49. The number of amides is 8. The topological polar surface area (TPSA) is 430 Å². The molecule has 12 N–H and O–H groups in total. The quantitative estimate of drug-likeness (QED) is 0.0253. The number of carbonyl (C=O) groups is 8. The molecule has 8 saturated heterocycles. The molecule has 5 atom stereocenters. The van der Waals surface area contributed by atoms with E-state index in [9.17, 15) is 58.8 Å². The molecular formula is C102H134N20O12S4. The Balaban J connectivity index is 0.000000122. The molecule has 0 radical (unpaired) electrons. The van der Waals surface area contributed by atoms with Crippen molar-refractivity contribution in [2.75, 3.05) is 21.3 Å². The van der Waals surface area contributed by atoms with Crippen LogP contribution >= 0.6 is 45.3 Å². The molecule has 8 aromatic rings. The zero-order valence-corrected chi connectivity index (χ0v) is 84.8. The van der Waals surface area contributed by atoms with E-state index in [4.69, 9.17) is 0 Å². The van der Waals surface area contributed by atoms with Gasteiger partial charge in [0.05, 0.1) is 61.5 Å². The maximum absolute atomic E-state index is 13.8. The van der Waals surface area contributed by atoms with E-state index in [1.807, 2.05) is 77.8 Å². The van der Waals surface area contributed by atoms with Gasteiger partial charge in [-0.15, -0.1) is 45.3 Å². The second kappa shape index (κ2) is 40.1. The van der Waals surface area contributed by atoms with E-state index in [0.29, 0.717) is 73.0 Å². The summed E-state index contributed by atoms with van der Waals surface area (Å²) in [6, 6.07) is 9.64. The van der Waals surface area contributed by atoms with E-state index < -0.39 is 23.9 Å². The third-order valence-corrected chi connectivity index (χ3v) is 35.5. The second-order valence-electron chi connectivity index (χ2n) is 42.6. The summed E-state index contributed by atoms with van der Waals surface area (Å²) >= 11 is 4.95. The molecular weight excluding hydrogens is 1830 g/mol. The van der Waals surface area contributed by atoms with Crippen molar-refractivity contribution in [1.82, 2.24) is 80.7 Å². The molecule has 8 aromatic heterocycles.